The number of guanidine groups is 1. The van der Waals surface area contributed by atoms with Crippen LogP contribution >= 0.6 is 24.0 Å². The van der Waals surface area contributed by atoms with Gasteiger partial charge in [0, 0.05) is 25.4 Å². The number of anilines is 1. The van der Waals surface area contributed by atoms with Crippen LogP contribution in [0.2, 0.25) is 0 Å². The number of carbonyl (C=O) groups is 1. The lowest BCUT2D eigenvalue weighted by atomic mass is 10.1. The molecule has 0 aliphatic heterocycles. The minimum Gasteiger partial charge on any atom is -0.491 e. The Morgan fingerprint density at radius 2 is 2.03 bits per heavy atom. The molecule has 3 N–H and O–H groups in total. The molecule has 0 aliphatic rings. The number of pyridine rings is 1. The Morgan fingerprint density at radius 1 is 1.20 bits per heavy atom. The Bertz CT molecular complexity index is 802. The van der Waals surface area contributed by atoms with Crippen LogP contribution in [0.15, 0.2) is 47.7 Å². The summed E-state index contributed by atoms with van der Waals surface area (Å²) < 4.78 is 10.9. The molecule has 0 spiro atoms. The van der Waals surface area contributed by atoms with E-state index in [1.165, 1.54) is 0 Å². The molecule has 0 aliphatic carbocycles. The summed E-state index contributed by atoms with van der Waals surface area (Å²) in [7, 11) is 1.64. The fraction of sp³-hybridized carbons (Fsp3) is 0.381. The zero-order valence-corrected chi connectivity index (χ0v) is 19.9. The molecule has 9 heteroatoms. The Labute approximate surface area is 194 Å². The third-order valence-electron chi connectivity index (χ3n) is 3.88. The van der Waals surface area contributed by atoms with Gasteiger partial charge in [0.1, 0.15) is 12.4 Å². The molecule has 0 saturated carbocycles. The Morgan fingerprint density at radius 3 is 2.73 bits per heavy atom. The second kappa shape index (κ2) is 14.6. The average Bonchev–Trinajstić information content (AvgIpc) is 2.72. The summed E-state index contributed by atoms with van der Waals surface area (Å²) in [6, 6.07) is 9.56. The van der Waals surface area contributed by atoms with Crippen LogP contribution in [-0.4, -0.2) is 50.3 Å². The minimum absolute atomic E-state index is 0. The molecule has 30 heavy (non-hydrogen) atoms. The van der Waals surface area contributed by atoms with E-state index in [1.807, 2.05) is 32.0 Å². The van der Waals surface area contributed by atoms with E-state index in [9.17, 15) is 4.79 Å². The summed E-state index contributed by atoms with van der Waals surface area (Å²) in [6.07, 6.45) is 3.25. The zero-order valence-electron chi connectivity index (χ0n) is 17.6. The summed E-state index contributed by atoms with van der Waals surface area (Å²) in [5.41, 5.74) is 2.73. The maximum absolute atomic E-state index is 12.1. The highest BCUT2D eigenvalue weighted by molar-refractivity contribution is 14.0. The van der Waals surface area contributed by atoms with Crippen molar-refractivity contribution < 1.29 is 14.3 Å². The van der Waals surface area contributed by atoms with Gasteiger partial charge in [0.05, 0.1) is 31.6 Å². The van der Waals surface area contributed by atoms with Gasteiger partial charge >= 0.3 is 0 Å². The molecule has 0 atom stereocenters. The first kappa shape index (κ1) is 25.6. The van der Waals surface area contributed by atoms with E-state index >= 15 is 0 Å². The highest BCUT2D eigenvalue weighted by Crippen LogP contribution is 2.21. The van der Waals surface area contributed by atoms with Crippen molar-refractivity contribution in [2.45, 2.75) is 20.4 Å². The number of carbonyl (C=O) groups excluding carboxylic acids is 1. The number of ether oxygens (including phenoxy) is 2. The number of aromatic nitrogens is 1. The summed E-state index contributed by atoms with van der Waals surface area (Å²) in [6.45, 7) is 6.17. The van der Waals surface area contributed by atoms with Crippen LogP contribution < -0.4 is 20.7 Å². The van der Waals surface area contributed by atoms with Crippen LogP contribution in [0, 0.1) is 6.92 Å². The number of methoxy groups -OCH3 is 1. The monoisotopic (exact) mass is 527 g/mol. The first-order valence-corrected chi connectivity index (χ1v) is 9.55. The van der Waals surface area contributed by atoms with Crippen molar-refractivity contribution in [3.8, 4) is 5.75 Å². The molecule has 1 amide bonds. The van der Waals surface area contributed by atoms with Crippen LogP contribution in [-0.2, 0) is 16.1 Å². The molecule has 0 bridgehead atoms. The van der Waals surface area contributed by atoms with Gasteiger partial charge in [-0.25, -0.2) is 4.99 Å². The lowest BCUT2D eigenvalue weighted by Crippen LogP contribution is -2.41. The van der Waals surface area contributed by atoms with E-state index in [4.69, 9.17) is 9.47 Å². The van der Waals surface area contributed by atoms with Gasteiger partial charge in [0.2, 0.25) is 5.91 Å². The summed E-state index contributed by atoms with van der Waals surface area (Å²) in [5, 5.41) is 8.96. The first-order chi connectivity index (χ1) is 14.1. The lowest BCUT2D eigenvalue weighted by molar-refractivity contribution is -0.115. The van der Waals surface area contributed by atoms with Crippen LogP contribution in [0.1, 0.15) is 18.1 Å². The van der Waals surface area contributed by atoms with Gasteiger partial charge < -0.3 is 25.4 Å². The van der Waals surface area contributed by atoms with Gasteiger partial charge in [-0.05, 0) is 37.6 Å². The molecule has 2 aromatic rings. The largest absolute Gasteiger partial charge is 0.491 e. The number of aliphatic imine (C=N–C) groups is 1. The number of amides is 1. The predicted molar refractivity (Wildman–Crippen MR) is 130 cm³/mol. The number of aryl methyl sites for hydroxylation is 1. The molecule has 1 aromatic heterocycles. The highest BCUT2D eigenvalue weighted by atomic mass is 127. The van der Waals surface area contributed by atoms with Gasteiger partial charge in [-0.2, -0.15) is 0 Å². The van der Waals surface area contributed by atoms with E-state index in [-0.39, 0.29) is 36.4 Å². The third kappa shape index (κ3) is 9.40. The van der Waals surface area contributed by atoms with Gasteiger partial charge in [0.15, 0.2) is 5.96 Å². The molecular weight excluding hydrogens is 497 g/mol. The van der Waals surface area contributed by atoms with Crippen molar-refractivity contribution in [1.82, 2.24) is 15.6 Å². The van der Waals surface area contributed by atoms with Crippen molar-refractivity contribution in [3.63, 3.8) is 0 Å². The standard InChI is InChI=1S/C21H29N5O3.HI/c1-4-23-21(25-15-20(27)26-18-6-5-9-22-14-18)24-13-17-8-7-16(2)12-19(17)29-11-10-28-3;/h5-9,12,14H,4,10-11,13,15H2,1-3H3,(H,26,27)(H2,23,24,25);1H. The Balaban J connectivity index is 0.00000450. The molecule has 0 radical (unpaired) electrons. The maximum Gasteiger partial charge on any atom is 0.243 e. The number of nitrogens with one attached hydrogen (secondary N) is 3. The van der Waals surface area contributed by atoms with Crippen molar-refractivity contribution >= 4 is 41.5 Å². The van der Waals surface area contributed by atoms with Crippen LogP contribution in [0.4, 0.5) is 5.69 Å². The molecular formula is C21H30IN5O3. The maximum atomic E-state index is 12.1. The first-order valence-electron chi connectivity index (χ1n) is 9.55. The zero-order chi connectivity index (χ0) is 20.9. The number of nitrogens with zero attached hydrogens (tertiary/aromatic N) is 2. The van der Waals surface area contributed by atoms with Crippen LogP contribution in [0.25, 0.3) is 0 Å². The SMILES string of the molecule is CCNC(=NCc1ccc(C)cc1OCCOC)NCC(=O)Nc1cccnc1.I. The van der Waals surface area contributed by atoms with E-state index < -0.39 is 0 Å². The molecule has 1 heterocycles. The molecule has 2 rings (SSSR count). The molecule has 164 valence electrons. The predicted octanol–water partition coefficient (Wildman–Crippen LogP) is 2.73. The van der Waals surface area contributed by atoms with Crippen molar-refractivity contribution in [1.29, 1.82) is 0 Å². The minimum atomic E-state index is -0.178. The Hall–Kier alpha value is -2.40. The highest BCUT2D eigenvalue weighted by Gasteiger charge is 2.07. The number of benzene rings is 1. The number of halogens is 1. The fourth-order valence-electron chi connectivity index (χ4n) is 2.47. The van der Waals surface area contributed by atoms with Crippen molar-refractivity contribution in [3.05, 3.63) is 53.9 Å². The topological polar surface area (TPSA) is 96.9 Å². The van der Waals surface area contributed by atoms with E-state index in [0.29, 0.717) is 38.0 Å². The van der Waals surface area contributed by atoms with Gasteiger partial charge in [-0.15, -0.1) is 24.0 Å². The van der Waals surface area contributed by atoms with Crippen molar-refractivity contribution in [2.75, 3.05) is 38.7 Å². The van der Waals surface area contributed by atoms with Gasteiger partial charge in [-0.3, -0.25) is 9.78 Å². The molecule has 0 saturated heterocycles. The van der Waals surface area contributed by atoms with Gasteiger partial charge in [-0.1, -0.05) is 12.1 Å². The van der Waals surface area contributed by atoms with Crippen LogP contribution in [0.3, 0.4) is 0 Å². The van der Waals surface area contributed by atoms with Gasteiger partial charge in [0.25, 0.3) is 0 Å². The average molecular weight is 527 g/mol. The second-order valence-corrected chi connectivity index (χ2v) is 6.29. The molecule has 0 fully saturated rings. The summed E-state index contributed by atoms with van der Waals surface area (Å²) in [4.78, 5) is 20.7. The molecule has 0 unspecified atom stereocenters. The smallest absolute Gasteiger partial charge is 0.243 e. The quantitative estimate of drug-likeness (QED) is 0.190. The van der Waals surface area contributed by atoms with Crippen molar-refractivity contribution in [2.24, 2.45) is 4.99 Å². The number of hydrogen-bond donors (Lipinski definition) is 3. The molecule has 8 nitrogen and oxygen atoms in total. The molecule has 1 aromatic carbocycles. The number of hydrogen-bond acceptors (Lipinski definition) is 5. The Kier molecular flexibility index (Phi) is 12.4. The van der Waals surface area contributed by atoms with E-state index in [1.54, 1.807) is 31.6 Å². The van der Waals surface area contributed by atoms with Crippen LogP contribution in [0.5, 0.6) is 5.75 Å². The third-order valence-corrected chi connectivity index (χ3v) is 3.88. The summed E-state index contributed by atoms with van der Waals surface area (Å²) in [5.74, 6) is 1.16. The fourth-order valence-corrected chi connectivity index (χ4v) is 2.47. The normalized spacial score (nSPS) is 10.7. The van der Waals surface area contributed by atoms with E-state index in [0.717, 1.165) is 16.9 Å². The lowest BCUT2D eigenvalue weighted by Gasteiger charge is -2.13. The van der Waals surface area contributed by atoms with E-state index in [2.05, 4.69) is 25.9 Å². The summed E-state index contributed by atoms with van der Waals surface area (Å²) >= 11 is 0. The number of rotatable bonds is 10. The second-order valence-electron chi connectivity index (χ2n) is 6.29.